The van der Waals surface area contributed by atoms with E-state index in [9.17, 15) is 0 Å². The number of nitrogens with zero attached hydrogens (tertiary/aromatic N) is 2. The molecule has 0 bridgehead atoms. The summed E-state index contributed by atoms with van der Waals surface area (Å²) in [7, 11) is 0. The third-order valence-electron chi connectivity index (χ3n) is 1.74. The van der Waals surface area contributed by atoms with Crippen molar-refractivity contribution in [1.82, 2.24) is 4.98 Å². The summed E-state index contributed by atoms with van der Waals surface area (Å²) in [6.45, 7) is 5.08. The molecule has 1 aromatic rings. The number of hydrogen-bond acceptors (Lipinski definition) is 5. The number of rotatable bonds is 6. The van der Waals surface area contributed by atoms with Gasteiger partial charge in [-0.15, -0.1) is 6.58 Å². The molecule has 0 spiro atoms. The largest absolute Gasteiger partial charge is 0.432 e. The smallest absolute Gasteiger partial charge is 0.297 e. The molecule has 5 nitrogen and oxygen atoms in total. The van der Waals surface area contributed by atoms with Gasteiger partial charge in [-0.3, -0.25) is 0 Å². The second-order valence-electron chi connectivity index (χ2n) is 2.78. The number of anilines is 1. The molecule has 0 amide bonds. The lowest BCUT2D eigenvalue weighted by Gasteiger charge is -2.16. The maximum atomic E-state index is 8.82. The standard InChI is InChI=1S/C9H15N3O2/c1-2-3-12(4-5-13)9-11-8(6-10)7-14-9/h2,7,13H,1,3-6,10H2. The van der Waals surface area contributed by atoms with Crippen molar-refractivity contribution in [2.75, 3.05) is 24.6 Å². The Labute approximate surface area is 82.8 Å². The third-order valence-corrected chi connectivity index (χ3v) is 1.74. The minimum absolute atomic E-state index is 0.0498. The number of aromatic nitrogens is 1. The molecule has 0 radical (unpaired) electrons. The van der Waals surface area contributed by atoms with E-state index in [-0.39, 0.29) is 6.61 Å². The summed E-state index contributed by atoms with van der Waals surface area (Å²) in [5, 5.41) is 8.82. The number of hydrogen-bond donors (Lipinski definition) is 2. The fourth-order valence-corrected chi connectivity index (χ4v) is 1.08. The fraction of sp³-hybridized carbons (Fsp3) is 0.444. The molecule has 0 aliphatic rings. The van der Waals surface area contributed by atoms with Crippen LogP contribution in [-0.2, 0) is 6.54 Å². The molecule has 5 heteroatoms. The molecular formula is C9H15N3O2. The van der Waals surface area contributed by atoms with E-state index in [1.54, 1.807) is 11.0 Å². The predicted octanol–water partition coefficient (Wildman–Crippen LogP) is 0.118. The quantitative estimate of drug-likeness (QED) is 0.633. The zero-order valence-electron chi connectivity index (χ0n) is 8.02. The van der Waals surface area contributed by atoms with Crippen LogP contribution in [0.1, 0.15) is 5.69 Å². The molecule has 3 N–H and O–H groups in total. The van der Waals surface area contributed by atoms with Crippen molar-refractivity contribution in [1.29, 1.82) is 0 Å². The van der Waals surface area contributed by atoms with Gasteiger partial charge in [0.15, 0.2) is 0 Å². The van der Waals surface area contributed by atoms with Crippen LogP contribution in [0.2, 0.25) is 0 Å². The van der Waals surface area contributed by atoms with Gasteiger partial charge in [0.25, 0.3) is 6.01 Å². The highest BCUT2D eigenvalue weighted by Crippen LogP contribution is 2.12. The van der Waals surface area contributed by atoms with Gasteiger partial charge in [-0.1, -0.05) is 6.08 Å². The van der Waals surface area contributed by atoms with E-state index in [1.165, 1.54) is 6.26 Å². The molecule has 0 unspecified atom stereocenters. The van der Waals surface area contributed by atoms with E-state index >= 15 is 0 Å². The summed E-state index contributed by atoms with van der Waals surface area (Å²) < 4.78 is 5.20. The van der Waals surface area contributed by atoms with Crippen molar-refractivity contribution < 1.29 is 9.52 Å². The van der Waals surface area contributed by atoms with Gasteiger partial charge in [-0.05, 0) is 0 Å². The fourth-order valence-electron chi connectivity index (χ4n) is 1.08. The van der Waals surface area contributed by atoms with E-state index in [0.29, 0.717) is 31.3 Å². The highest BCUT2D eigenvalue weighted by Gasteiger charge is 2.10. The van der Waals surface area contributed by atoms with Crippen LogP contribution >= 0.6 is 0 Å². The zero-order chi connectivity index (χ0) is 10.4. The third kappa shape index (κ3) is 2.58. The van der Waals surface area contributed by atoms with Crippen LogP contribution in [0.15, 0.2) is 23.3 Å². The highest BCUT2D eigenvalue weighted by atomic mass is 16.4. The molecule has 0 aliphatic carbocycles. The lowest BCUT2D eigenvalue weighted by molar-refractivity contribution is 0.300. The topological polar surface area (TPSA) is 75.5 Å². The van der Waals surface area contributed by atoms with Gasteiger partial charge in [0.05, 0.1) is 12.3 Å². The van der Waals surface area contributed by atoms with Crippen molar-refractivity contribution >= 4 is 6.01 Å². The summed E-state index contributed by atoms with van der Waals surface area (Å²) in [6, 6.07) is 0.472. The Morgan fingerprint density at radius 2 is 2.50 bits per heavy atom. The molecule has 0 saturated carbocycles. The Morgan fingerprint density at radius 3 is 3.00 bits per heavy atom. The maximum absolute atomic E-state index is 8.82. The SMILES string of the molecule is C=CCN(CCO)c1nc(CN)co1. The van der Waals surface area contributed by atoms with Crippen LogP contribution < -0.4 is 10.6 Å². The second-order valence-corrected chi connectivity index (χ2v) is 2.78. The average Bonchev–Trinajstić information content (AvgIpc) is 2.65. The zero-order valence-corrected chi connectivity index (χ0v) is 8.02. The summed E-state index contributed by atoms with van der Waals surface area (Å²) in [6.07, 6.45) is 3.24. The monoisotopic (exact) mass is 197 g/mol. The Bertz CT molecular complexity index is 285. The van der Waals surface area contributed by atoms with Gasteiger partial charge in [-0.25, -0.2) is 0 Å². The lowest BCUT2D eigenvalue weighted by Crippen LogP contribution is -2.26. The van der Waals surface area contributed by atoms with Gasteiger partial charge in [0.2, 0.25) is 0 Å². The molecule has 1 rings (SSSR count). The van der Waals surface area contributed by atoms with E-state index in [1.807, 2.05) is 0 Å². The molecule has 78 valence electrons. The Morgan fingerprint density at radius 1 is 1.71 bits per heavy atom. The van der Waals surface area contributed by atoms with Crippen LogP contribution in [0.5, 0.6) is 0 Å². The number of aliphatic hydroxyl groups excluding tert-OH is 1. The van der Waals surface area contributed by atoms with E-state index < -0.39 is 0 Å². The average molecular weight is 197 g/mol. The first-order valence-electron chi connectivity index (χ1n) is 4.43. The van der Waals surface area contributed by atoms with Crippen molar-refractivity contribution in [3.05, 3.63) is 24.6 Å². The molecule has 1 heterocycles. The van der Waals surface area contributed by atoms with Gasteiger partial charge >= 0.3 is 0 Å². The molecule has 0 atom stereocenters. The van der Waals surface area contributed by atoms with Crippen LogP contribution in [0.3, 0.4) is 0 Å². The Kier molecular flexibility index (Phi) is 4.15. The Hall–Kier alpha value is -1.33. The van der Waals surface area contributed by atoms with Crippen molar-refractivity contribution in [2.45, 2.75) is 6.54 Å². The van der Waals surface area contributed by atoms with Crippen LogP contribution in [-0.4, -0.2) is 29.8 Å². The molecule has 1 aromatic heterocycles. The van der Waals surface area contributed by atoms with Crippen molar-refractivity contribution in [3.63, 3.8) is 0 Å². The van der Waals surface area contributed by atoms with E-state index in [2.05, 4.69) is 11.6 Å². The van der Waals surface area contributed by atoms with Crippen molar-refractivity contribution in [3.8, 4) is 0 Å². The summed E-state index contributed by atoms with van der Waals surface area (Å²) in [5.41, 5.74) is 6.10. The van der Waals surface area contributed by atoms with E-state index in [4.69, 9.17) is 15.3 Å². The minimum Gasteiger partial charge on any atom is -0.432 e. The first-order chi connectivity index (χ1) is 6.81. The molecule has 0 aliphatic heterocycles. The molecule has 0 aromatic carbocycles. The minimum atomic E-state index is 0.0498. The summed E-state index contributed by atoms with van der Waals surface area (Å²) in [4.78, 5) is 5.93. The predicted molar refractivity (Wildman–Crippen MR) is 53.9 cm³/mol. The molecule has 14 heavy (non-hydrogen) atoms. The van der Waals surface area contributed by atoms with Crippen LogP contribution in [0.25, 0.3) is 0 Å². The molecule has 0 fully saturated rings. The number of oxazole rings is 1. The summed E-state index contributed by atoms with van der Waals surface area (Å²) >= 11 is 0. The van der Waals surface area contributed by atoms with Gasteiger partial charge in [-0.2, -0.15) is 4.98 Å². The summed E-state index contributed by atoms with van der Waals surface area (Å²) in [5.74, 6) is 0. The normalized spacial score (nSPS) is 10.1. The highest BCUT2D eigenvalue weighted by molar-refractivity contribution is 5.28. The first-order valence-corrected chi connectivity index (χ1v) is 4.43. The van der Waals surface area contributed by atoms with Crippen molar-refractivity contribution in [2.24, 2.45) is 5.73 Å². The van der Waals surface area contributed by atoms with Gasteiger partial charge < -0.3 is 20.2 Å². The van der Waals surface area contributed by atoms with Crippen LogP contribution in [0.4, 0.5) is 6.01 Å². The molecule has 0 saturated heterocycles. The lowest BCUT2D eigenvalue weighted by atomic mass is 10.5. The maximum Gasteiger partial charge on any atom is 0.297 e. The number of nitrogens with two attached hydrogens (primary N) is 1. The first kappa shape index (κ1) is 10.7. The van der Waals surface area contributed by atoms with Gasteiger partial charge in [0, 0.05) is 19.6 Å². The molecular weight excluding hydrogens is 182 g/mol. The van der Waals surface area contributed by atoms with Crippen LogP contribution in [0, 0.1) is 0 Å². The Balaban J connectivity index is 2.70. The van der Waals surface area contributed by atoms with E-state index in [0.717, 1.165) is 0 Å². The second kappa shape index (κ2) is 5.41. The van der Waals surface area contributed by atoms with Gasteiger partial charge in [0.1, 0.15) is 6.26 Å². The number of aliphatic hydroxyl groups is 1.